The Labute approximate surface area is 151 Å². The van der Waals surface area contributed by atoms with Gasteiger partial charge < -0.3 is 10.2 Å². The summed E-state index contributed by atoms with van der Waals surface area (Å²) in [4.78, 5) is 22.3. The average molecular weight is 363 g/mol. The second-order valence-corrected chi connectivity index (χ2v) is 7.50. The van der Waals surface area contributed by atoms with Gasteiger partial charge in [-0.15, -0.1) is 23.1 Å². The van der Waals surface area contributed by atoms with Crippen LogP contribution >= 0.6 is 23.1 Å². The number of amides is 2. The van der Waals surface area contributed by atoms with E-state index in [0.717, 1.165) is 54.7 Å². The Morgan fingerprint density at radius 3 is 2.96 bits per heavy atom. The molecular formula is C17H22N4OS2. The maximum Gasteiger partial charge on any atom is 0.321 e. The molecule has 1 N–H and O–H groups in total. The summed E-state index contributed by atoms with van der Waals surface area (Å²) < 4.78 is 0. The van der Waals surface area contributed by atoms with Crippen molar-refractivity contribution in [1.82, 2.24) is 14.8 Å². The number of nitrogens with zero attached hydrogens (tertiary/aromatic N) is 3. The number of benzene rings is 1. The SMILES string of the molecule is CSc1ccccc1NC(=O)N1CCCN(Cc2nccs2)CC1. The first kappa shape index (κ1) is 17.3. The first-order chi connectivity index (χ1) is 11.8. The molecule has 1 aromatic heterocycles. The van der Waals surface area contributed by atoms with Crippen molar-refractivity contribution < 1.29 is 4.79 Å². The molecule has 0 radical (unpaired) electrons. The number of rotatable bonds is 4. The van der Waals surface area contributed by atoms with Gasteiger partial charge in [0.15, 0.2) is 0 Å². The fraction of sp³-hybridized carbons (Fsp3) is 0.412. The Bertz CT molecular complexity index is 662. The Morgan fingerprint density at radius 1 is 1.29 bits per heavy atom. The number of aromatic nitrogens is 1. The second kappa shape index (κ2) is 8.50. The van der Waals surface area contributed by atoms with E-state index in [1.807, 2.05) is 47.0 Å². The highest BCUT2D eigenvalue weighted by Crippen LogP contribution is 2.25. The number of carbonyl (C=O) groups is 1. The van der Waals surface area contributed by atoms with E-state index >= 15 is 0 Å². The highest BCUT2D eigenvalue weighted by Gasteiger charge is 2.20. The first-order valence-corrected chi connectivity index (χ1v) is 10.2. The molecule has 0 saturated carbocycles. The van der Waals surface area contributed by atoms with Crippen LogP contribution in [0.1, 0.15) is 11.4 Å². The molecule has 128 valence electrons. The molecule has 0 aliphatic carbocycles. The fourth-order valence-electron chi connectivity index (χ4n) is 2.80. The van der Waals surface area contributed by atoms with Crippen LogP contribution in [0, 0.1) is 0 Å². The zero-order valence-corrected chi connectivity index (χ0v) is 15.4. The normalized spacial score (nSPS) is 16.0. The minimum atomic E-state index is -0.00685. The van der Waals surface area contributed by atoms with Crippen molar-refractivity contribution in [1.29, 1.82) is 0 Å². The van der Waals surface area contributed by atoms with Gasteiger partial charge in [0.1, 0.15) is 5.01 Å². The molecule has 1 fully saturated rings. The number of thioether (sulfide) groups is 1. The lowest BCUT2D eigenvalue weighted by Crippen LogP contribution is -2.38. The van der Waals surface area contributed by atoms with Crippen molar-refractivity contribution in [3.8, 4) is 0 Å². The zero-order chi connectivity index (χ0) is 16.8. The van der Waals surface area contributed by atoms with Crippen LogP contribution in [0.3, 0.4) is 0 Å². The van der Waals surface area contributed by atoms with Crippen LogP contribution < -0.4 is 5.32 Å². The van der Waals surface area contributed by atoms with Crippen LogP contribution in [0.25, 0.3) is 0 Å². The summed E-state index contributed by atoms with van der Waals surface area (Å²) in [5, 5.41) is 6.21. The van der Waals surface area contributed by atoms with Gasteiger partial charge >= 0.3 is 6.03 Å². The molecule has 1 aliphatic rings. The van der Waals surface area contributed by atoms with Gasteiger partial charge in [-0.3, -0.25) is 4.90 Å². The van der Waals surface area contributed by atoms with E-state index in [1.54, 1.807) is 23.1 Å². The molecule has 7 heteroatoms. The van der Waals surface area contributed by atoms with Crippen molar-refractivity contribution >= 4 is 34.8 Å². The molecule has 1 aromatic carbocycles. The van der Waals surface area contributed by atoms with Crippen LogP contribution in [0.2, 0.25) is 0 Å². The van der Waals surface area contributed by atoms with Crippen molar-refractivity contribution in [2.75, 3.05) is 37.8 Å². The molecule has 1 saturated heterocycles. The van der Waals surface area contributed by atoms with Gasteiger partial charge in [-0.2, -0.15) is 0 Å². The standard InChI is InChI=1S/C17H22N4OS2/c1-23-15-6-3-2-5-14(15)19-17(22)21-9-4-8-20(10-11-21)13-16-18-7-12-24-16/h2-3,5-7,12H,4,8-11,13H2,1H3,(H,19,22). The summed E-state index contributed by atoms with van der Waals surface area (Å²) >= 11 is 3.33. The number of carbonyl (C=O) groups excluding carboxylic acids is 1. The summed E-state index contributed by atoms with van der Waals surface area (Å²) in [5.41, 5.74) is 0.888. The molecule has 24 heavy (non-hydrogen) atoms. The number of urea groups is 1. The van der Waals surface area contributed by atoms with Gasteiger partial charge in [0.25, 0.3) is 0 Å². The monoisotopic (exact) mass is 362 g/mol. The lowest BCUT2D eigenvalue weighted by atomic mass is 10.3. The second-order valence-electron chi connectivity index (χ2n) is 5.67. The van der Waals surface area contributed by atoms with Gasteiger partial charge in [0, 0.05) is 42.7 Å². The van der Waals surface area contributed by atoms with Crippen LogP contribution in [0.4, 0.5) is 10.5 Å². The third-order valence-electron chi connectivity index (χ3n) is 4.07. The Hall–Kier alpha value is -1.57. The van der Waals surface area contributed by atoms with E-state index in [-0.39, 0.29) is 6.03 Å². The van der Waals surface area contributed by atoms with Gasteiger partial charge in [-0.05, 0) is 24.8 Å². The van der Waals surface area contributed by atoms with Gasteiger partial charge in [0.2, 0.25) is 0 Å². The highest BCUT2D eigenvalue weighted by molar-refractivity contribution is 7.98. The quantitative estimate of drug-likeness (QED) is 0.844. The zero-order valence-electron chi connectivity index (χ0n) is 13.8. The third kappa shape index (κ3) is 4.49. The molecular weight excluding hydrogens is 340 g/mol. The molecule has 2 amide bonds. The summed E-state index contributed by atoms with van der Waals surface area (Å²) in [6.07, 6.45) is 4.86. The van der Waals surface area contributed by atoms with E-state index < -0.39 is 0 Å². The minimum absolute atomic E-state index is 0.00685. The van der Waals surface area contributed by atoms with E-state index in [1.165, 1.54) is 0 Å². The van der Waals surface area contributed by atoms with E-state index in [0.29, 0.717) is 0 Å². The predicted octanol–water partition coefficient (Wildman–Crippen LogP) is 3.60. The van der Waals surface area contributed by atoms with Crippen LogP contribution in [-0.4, -0.2) is 53.2 Å². The van der Waals surface area contributed by atoms with Crippen molar-refractivity contribution in [2.45, 2.75) is 17.9 Å². The molecule has 3 rings (SSSR count). The Morgan fingerprint density at radius 2 is 2.17 bits per heavy atom. The largest absolute Gasteiger partial charge is 0.323 e. The van der Waals surface area contributed by atoms with E-state index in [9.17, 15) is 4.79 Å². The van der Waals surface area contributed by atoms with Crippen molar-refractivity contribution in [3.05, 3.63) is 40.8 Å². The number of thiazole rings is 1. The molecule has 2 heterocycles. The van der Waals surface area contributed by atoms with E-state index in [2.05, 4.69) is 15.2 Å². The van der Waals surface area contributed by atoms with Crippen molar-refractivity contribution in [2.24, 2.45) is 0 Å². The maximum absolute atomic E-state index is 12.6. The van der Waals surface area contributed by atoms with Gasteiger partial charge in [-0.25, -0.2) is 9.78 Å². The third-order valence-corrected chi connectivity index (χ3v) is 5.63. The molecule has 0 unspecified atom stereocenters. The van der Waals surface area contributed by atoms with Crippen LogP contribution in [-0.2, 0) is 6.54 Å². The number of anilines is 1. The van der Waals surface area contributed by atoms with Gasteiger partial charge in [0.05, 0.1) is 12.2 Å². The topological polar surface area (TPSA) is 48.5 Å². The lowest BCUT2D eigenvalue weighted by molar-refractivity contribution is 0.211. The summed E-state index contributed by atoms with van der Waals surface area (Å²) in [7, 11) is 0. The Kier molecular flexibility index (Phi) is 6.12. The fourth-order valence-corrected chi connectivity index (χ4v) is 4.01. The molecule has 0 bridgehead atoms. The van der Waals surface area contributed by atoms with Crippen LogP contribution in [0.15, 0.2) is 40.7 Å². The number of hydrogen-bond acceptors (Lipinski definition) is 5. The lowest BCUT2D eigenvalue weighted by Gasteiger charge is -2.22. The summed E-state index contributed by atoms with van der Waals surface area (Å²) in [6.45, 7) is 4.31. The number of hydrogen-bond donors (Lipinski definition) is 1. The molecule has 0 spiro atoms. The smallest absolute Gasteiger partial charge is 0.321 e. The van der Waals surface area contributed by atoms with Crippen LogP contribution in [0.5, 0.6) is 0 Å². The molecule has 1 aliphatic heterocycles. The average Bonchev–Trinajstić information content (AvgIpc) is 2.99. The summed E-state index contributed by atoms with van der Waals surface area (Å²) in [5.74, 6) is 0. The molecule has 0 atom stereocenters. The minimum Gasteiger partial charge on any atom is -0.323 e. The summed E-state index contributed by atoms with van der Waals surface area (Å²) in [6, 6.07) is 7.92. The first-order valence-electron chi connectivity index (χ1n) is 8.06. The van der Waals surface area contributed by atoms with Gasteiger partial charge in [-0.1, -0.05) is 12.1 Å². The highest BCUT2D eigenvalue weighted by atomic mass is 32.2. The molecule has 2 aromatic rings. The van der Waals surface area contributed by atoms with Crippen molar-refractivity contribution in [3.63, 3.8) is 0 Å². The van der Waals surface area contributed by atoms with E-state index in [4.69, 9.17) is 0 Å². The maximum atomic E-state index is 12.6. The predicted molar refractivity (Wildman–Crippen MR) is 101 cm³/mol. The molecule has 5 nitrogen and oxygen atoms in total. The Balaban J connectivity index is 1.56. The number of para-hydroxylation sites is 1. The number of nitrogens with one attached hydrogen (secondary N) is 1.